The second kappa shape index (κ2) is 7.07. The minimum absolute atomic E-state index is 0.141. The summed E-state index contributed by atoms with van der Waals surface area (Å²) in [6, 6.07) is 0. The molecule has 0 radical (unpaired) electrons. The Morgan fingerprint density at radius 2 is 1.89 bits per heavy atom. The molecule has 0 spiro atoms. The predicted molar refractivity (Wildman–Crippen MR) is 90.8 cm³/mol. The molecule has 5 rings (SSSR count). The lowest BCUT2D eigenvalue weighted by molar-refractivity contribution is -0.193. The Balaban J connectivity index is 1.43. The van der Waals surface area contributed by atoms with Gasteiger partial charge in [0.25, 0.3) is 0 Å². The van der Waals surface area contributed by atoms with Crippen molar-refractivity contribution in [2.45, 2.75) is 63.8 Å². The van der Waals surface area contributed by atoms with Crippen molar-refractivity contribution in [3.8, 4) is 0 Å². The fourth-order valence-corrected chi connectivity index (χ4v) is 6.12. The van der Waals surface area contributed by atoms with E-state index in [1.807, 2.05) is 0 Å². The minimum atomic E-state index is -4.87. The Labute approximate surface area is 157 Å². The van der Waals surface area contributed by atoms with Crippen LogP contribution in [-0.4, -0.2) is 36.6 Å². The number of ketones is 1. The van der Waals surface area contributed by atoms with E-state index in [2.05, 4.69) is 0 Å². The van der Waals surface area contributed by atoms with Gasteiger partial charge in [0.2, 0.25) is 5.76 Å². The highest BCUT2D eigenvalue weighted by Gasteiger charge is 2.58. The third-order valence-electron chi connectivity index (χ3n) is 7.16. The van der Waals surface area contributed by atoms with E-state index in [1.54, 1.807) is 0 Å². The summed E-state index contributed by atoms with van der Waals surface area (Å²) in [5.74, 6) is -0.956. The zero-order valence-electron chi connectivity index (χ0n) is 15.3. The Morgan fingerprint density at radius 3 is 2.48 bits per heavy atom. The number of alkyl halides is 3. The van der Waals surface area contributed by atoms with Crippen LogP contribution in [0.5, 0.6) is 0 Å². The maximum atomic E-state index is 12.7. The summed E-state index contributed by atoms with van der Waals surface area (Å²) in [5.41, 5.74) is -0.729. The highest BCUT2D eigenvalue weighted by atomic mass is 19.4. The highest BCUT2D eigenvalue weighted by Crippen LogP contribution is 2.62. The Hall–Kier alpha value is -1.08. The first kappa shape index (κ1) is 19.2. The molecule has 4 bridgehead atoms. The normalized spacial score (nSPS) is 41.7. The molecule has 3 unspecified atom stereocenters. The van der Waals surface area contributed by atoms with Crippen molar-refractivity contribution in [2.24, 2.45) is 29.1 Å². The van der Waals surface area contributed by atoms with Crippen molar-refractivity contribution in [3.05, 3.63) is 11.8 Å². The van der Waals surface area contributed by atoms with E-state index in [0.717, 1.165) is 38.7 Å². The van der Waals surface area contributed by atoms with Crippen molar-refractivity contribution in [3.63, 3.8) is 0 Å². The molecule has 27 heavy (non-hydrogen) atoms. The van der Waals surface area contributed by atoms with E-state index >= 15 is 0 Å². The van der Waals surface area contributed by atoms with Crippen LogP contribution in [0.3, 0.4) is 0 Å². The molecule has 7 heteroatoms. The van der Waals surface area contributed by atoms with E-state index < -0.39 is 23.1 Å². The number of allylic oxidation sites excluding steroid dienone is 2. The first-order valence-corrected chi connectivity index (χ1v) is 10.0. The molecule has 1 heterocycles. The molecule has 4 saturated carbocycles. The summed E-state index contributed by atoms with van der Waals surface area (Å²) >= 11 is 0. The van der Waals surface area contributed by atoms with Gasteiger partial charge in [-0.05, 0) is 75.0 Å². The van der Waals surface area contributed by atoms with Crippen LogP contribution in [0.1, 0.15) is 51.4 Å². The topological polar surface area (TPSA) is 55.8 Å². The van der Waals surface area contributed by atoms with Gasteiger partial charge in [-0.1, -0.05) is 0 Å². The number of aliphatic hydroxyl groups is 1. The SMILES string of the molecule is O=C(/C=C(\O)C(F)(F)F)C12CC3CC(C1)C(COC1CCCCO1)C(C3)C2. The van der Waals surface area contributed by atoms with Crippen molar-refractivity contribution in [1.82, 2.24) is 0 Å². The molecule has 1 aliphatic heterocycles. The van der Waals surface area contributed by atoms with Crippen molar-refractivity contribution >= 4 is 5.78 Å². The van der Waals surface area contributed by atoms with Crippen LogP contribution in [0.25, 0.3) is 0 Å². The number of carbonyl (C=O) groups excluding carboxylic acids is 1. The molecular weight excluding hydrogens is 361 g/mol. The van der Waals surface area contributed by atoms with Crippen LogP contribution in [0, 0.1) is 29.1 Å². The van der Waals surface area contributed by atoms with E-state index in [4.69, 9.17) is 9.47 Å². The molecule has 1 saturated heterocycles. The van der Waals surface area contributed by atoms with E-state index in [9.17, 15) is 23.1 Å². The van der Waals surface area contributed by atoms with Gasteiger partial charge in [-0.3, -0.25) is 4.79 Å². The lowest BCUT2D eigenvalue weighted by Crippen LogP contribution is -2.55. The average molecular weight is 388 g/mol. The second-order valence-electron chi connectivity index (χ2n) is 8.94. The van der Waals surface area contributed by atoms with Crippen LogP contribution >= 0.6 is 0 Å². The zero-order valence-corrected chi connectivity index (χ0v) is 15.3. The van der Waals surface area contributed by atoms with E-state index in [-0.39, 0.29) is 6.29 Å². The monoisotopic (exact) mass is 388 g/mol. The number of ether oxygens (including phenoxy) is 2. The first-order valence-electron chi connectivity index (χ1n) is 10.0. The predicted octanol–water partition coefficient (Wildman–Crippen LogP) is 4.55. The summed E-state index contributed by atoms with van der Waals surface area (Å²) in [7, 11) is 0. The van der Waals surface area contributed by atoms with Crippen LogP contribution in [0.2, 0.25) is 0 Å². The van der Waals surface area contributed by atoms with Gasteiger partial charge in [-0.25, -0.2) is 0 Å². The van der Waals surface area contributed by atoms with Gasteiger partial charge in [-0.15, -0.1) is 0 Å². The molecular formula is C20H27F3O4. The largest absolute Gasteiger partial charge is 0.504 e. The molecule has 4 nitrogen and oxygen atoms in total. The lowest BCUT2D eigenvalue weighted by Gasteiger charge is -2.59. The third kappa shape index (κ3) is 3.77. The summed E-state index contributed by atoms with van der Waals surface area (Å²) in [5, 5.41) is 9.22. The number of rotatable bonds is 5. The fraction of sp³-hybridized carbons (Fsp3) is 0.850. The molecule has 5 fully saturated rings. The molecule has 4 aliphatic carbocycles. The molecule has 152 valence electrons. The maximum Gasteiger partial charge on any atom is 0.448 e. The maximum absolute atomic E-state index is 12.7. The smallest absolute Gasteiger partial charge is 0.448 e. The van der Waals surface area contributed by atoms with E-state index in [1.165, 1.54) is 0 Å². The Bertz CT molecular complexity index is 593. The second-order valence-corrected chi connectivity index (χ2v) is 8.94. The molecule has 5 aliphatic rings. The van der Waals surface area contributed by atoms with Gasteiger partial charge in [-0.2, -0.15) is 13.2 Å². The standard InChI is InChI=1S/C20H27F3O4/c21-20(22,23)17(25)7-16(24)19-8-12-5-13(9-19)15(14(6-12)10-19)11-27-18-3-1-2-4-26-18/h7,12-15,18,25H,1-6,8-11H2/b17-7-. The number of hydrogen-bond acceptors (Lipinski definition) is 4. The van der Waals surface area contributed by atoms with E-state index in [0.29, 0.717) is 55.6 Å². The molecule has 0 aromatic carbocycles. The number of hydrogen-bond donors (Lipinski definition) is 1. The van der Waals surface area contributed by atoms with Crippen molar-refractivity contribution < 1.29 is 32.5 Å². The molecule has 0 amide bonds. The lowest BCUT2D eigenvalue weighted by atomic mass is 9.45. The molecule has 3 atom stereocenters. The number of carbonyl (C=O) groups is 1. The summed E-state index contributed by atoms with van der Waals surface area (Å²) < 4.78 is 49.5. The van der Waals surface area contributed by atoms with Crippen LogP contribution in [0.4, 0.5) is 13.2 Å². The van der Waals surface area contributed by atoms with Crippen molar-refractivity contribution in [1.29, 1.82) is 0 Å². The average Bonchev–Trinajstić information content (AvgIpc) is 2.60. The van der Waals surface area contributed by atoms with Gasteiger partial charge in [0.15, 0.2) is 12.1 Å². The quantitative estimate of drug-likeness (QED) is 0.555. The van der Waals surface area contributed by atoms with Gasteiger partial charge < -0.3 is 14.6 Å². The highest BCUT2D eigenvalue weighted by molar-refractivity contribution is 5.95. The van der Waals surface area contributed by atoms with Gasteiger partial charge in [0, 0.05) is 18.1 Å². The number of halogens is 3. The van der Waals surface area contributed by atoms with Crippen molar-refractivity contribution in [2.75, 3.05) is 13.2 Å². The Kier molecular flexibility index (Phi) is 5.04. The zero-order chi connectivity index (χ0) is 19.2. The molecule has 0 aromatic heterocycles. The van der Waals surface area contributed by atoms with Crippen LogP contribution < -0.4 is 0 Å². The molecule has 0 aromatic rings. The summed E-state index contributed by atoms with van der Waals surface area (Å²) in [6.45, 7) is 1.34. The van der Waals surface area contributed by atoms with Crippen LogP contribution in [0.15, 0.2) is 11.8 Å². The van der Waals surface area contributed by atoms with Crippen LogP contribution in [-0.2, 0) is 14.3 Å². The minimum Gasteiger partial charge on any atom is -0.504 e. The summed E-state index contributed by atoms with van der Waals surface area (Å²) in [6.07, 6.45) is 2.44. The fourth-order valence-electron chi connectivity index (χ4n) is 6.12. The molecule has 1 N–H and O–H groups in total. The first-order chi connectivity index (χ1) is 12.8. The summed E-state index contributed by atoms with van der Waals surface area (Å²) in [4.78, 5) is 12.7. The third-order valence-corrected chi connectivity index (χ3v) is 7.16. The van der Waals surface area contributed by atoms with Gasteiger partial charge in [0.1, 0.15) is 0 Å². The number of aliphatic hydroxyl groups excluding tert-OH is 1. The van der Waals surface area contributed by atoms with Gasteiger partial charge in [0.05, 0.1) is 6.61 Å². The Morgan fingerprint density at radius 1 is 1.19 bits per heavy atom. The van der Waals surface area contributed by atoms with Gasteiger partial charge >= 0.3 is 6.18 Å².